The first-order chi connectivity index (χ1) is 18.0. The average molecular weight is 536 g/mol. The van der Waals surface area contributed by atoms with Crippen LogP contribution in [0.1, 0.15) is 44.4 Å². The standard InChI is InChI=1S/C30H37N3O4S/c1-6-25-16-18-27(19-17-25)33(38(36,37)28-14-8-7-9-15-28)21-29(34)32(24(5)30(35)31-22(2)3)20-26-13-11-10-12-23(26)4/h7-19,22,24H,6,20-21H2,1-5H3,(H,31,35)/t24-/m0/s1. The summed E-state index contributed by atoms with van der Waals surface area (Å²) in [7, 11) is -4.06. The summed E-state index contributed by atoms with van der Waals surface area (Å²) >= 11 is 0. The Morgan fingerprint density at radius 3 is 2.05 bits per heavy atom. The van der Waals surface area contributed by atoms with Crippen molar-refractivity contribution in [3.8, 4) is 0 Å². The third kappa shape index (κ3) is 7.01. The molecule has 1 atom stereocenters. The fourth-order valence-corrected chi connectivity index (χ4v) is 5.54. The summed E-state index contributed by atoms with van der Waals surface area (Å²) in [5.74, 6) is -0.773. The van der Waals surface area contributed by atoms with E-state index in [1.165, 1.54) is 17.0 Å². The largest absolute Gasteiger partial charge is 0.352 e. The molecule has 0 unspecified atom stereocenters. The number of rotatable bonds is 11. The van der Waals surface area contributed by atoms with E-state index in [4.69, 9.17) is 0 Å². The van der Waals surface area contributed by atoms with Gasteiger partial charge in [0.25, 0.3) is 10.0 Å². The van der Waals surface area contributed by atoms with Gasteiger partial charge in [0.05, 0.1) is 10.6 Å². The predicted octanol–water partition coefficient (Wildman–Crippen LogP) is 4.69. The van der Waals surface area contributed by atoms with Crippen LogP contribution in [0.2, 0.25) is 0 Å². The molecule has 3 aromatic carbocycles. The van der Waals surface area contributed by atoms with Crippen LogP contribution in [0.4, 0.5) is 5.69 Å². The number of carbonyl (C=O) groups excluding carboxylic acids is 2. The lowest BCUT2D eigenvalue weighted by atomic mass is 10.1. The first-order valence-electron chi connectivity index (χ1n) is 12.9. The summed E-state index contributed by atoms with van der Waals surface area (Å²) in [6.45, 7) is 9.06. The van der Waals surface area contributed by atoms with Crippen molar-refractivity contribution in [3.63, 3.8) is 0 Å². The normalized spacial score (nSPS) is 12.2. The van der Waals surface area contributed by atoms with Crippen LogP contribution in [0.5, 0.6) is 0 Å². The van der Waals surface area contributed by atoms with Crippen LogP contribution in [0.3, 0.4) is 0 Å². The lowest BCUT2D eigenvalue weighted by Crippen LogP contribution is -2.52. The van der Waals surface area contributed by atoms with Crippen LogP contribution < -0.4 is 9.62 Å². The van der Waals surface area contributed by atoms with Crippen LogP contribution in [-0.2, 0) is 32.6 Å². The third-order valence-corrected chi connectivity index (χ3v) is 8.23. The minimum absolute atomic E-state index is 0.0865. The van der Waals surface area contributed by atoms with Crippen molar-refractivity contribution in [2.45, 2.75) is 64.6 Å². The molecule has 0 aromatic heterocycles. The second-order valence-electron chi connectivity index (χ2n) is 9.63. The van der Waals surface area contributed by atoms with E-state index in [1.807, 2.05) is 64.1 Å². The summed E-state index contributed by atoms with van der Waals surface area (Å²) in [6, 6.07) is 21.9. The number of benzene rings is 3. The molecule has 7 nitrogen and oxygen atoms in total. The highest BCUT2D eigenvalue weighted by Crippen LogP contribution is 2.25. The monoisotopic (exact) mass is 535 g/mol. The van der Waals surface area contributed by atoms with Gasteiger partial charge in [-0.3, -0.25) is 13.9 Å². The molecule has 8 heteroatoms. The van der Waals surface area contributed by atoms with Gasteiger partial charge in [0, 0.05) is 12.6 Å². The van der Waals surface area contributed by atoms with Crippen LogP contribution in [0, 0.1) is 6.92 Å². The molecule has 0 heterocycles. The first kappa shape index (κ1) is 28.9. The molecule has 3 rings (SSSR count). The van der Waals surface area contributed by atoms with E-state index in [0.29, 0.717) is 5.69 Å². The molecule has 2 amide bonds. The zero-order chi connectivity index (χ0) is 27.9. The topological polar surface area (TPSA) is 86.8 Å². The van der Waals surface area contributed by atoms with E-state index in [2.05, 4.69) is 5.32 Å². The molecule has 0 fully saturated rings. The smallest absolute Gasteiger partial charge is 0.264 e. The van der Waals surface area contributed by atoms with Gasteiger partial charge in [0.2, 0.25) is 11.8 Å². The van der Waals surface area contributed by atoms with Crippen molar-refractivity contribution in [1.29, 1.82) is 0 Å². The van der Waals surface area contributed by atoms with E-state index in [0.717, 1.165) is 27.4 Å². The molecule has 3 aromatic rings. The Bertz CT molecular complexity index is 1340. The lowest BCUT2D eigenvalue weighted by molar-refractivity contribution is -0.139. The average Bonchev–Trinajstić information content (AvgIpc) is 2.91. The van der Waals surface area contributed by atoms with Gasteiger partial charge in [-0.2, -0.15) is 0 Å². The minimum atomic E-state index is -4.06. The van der Waals surface area contributed by atoms with Crippen molar-refractivity contribution in [3.05, 3.63) is 95.6 Å². The fraction of sp³-hybridized carbons (Fsp3) is 0.333. The van der Waals surface area contributed by atoms with E-state index in [9.17, 15) is 18.0 Å². The van der Waals surface area contributed by atoms with Crippen LogP contribution in [0.15, 0.2) is 83.8 Å². The highest BCUT2D eigenvalue weighted by Gasteiger charge is 2.32. The van der Waals surface area contributed by atoms with Crippen molar-refractivity contribution in [1.82, 2.24) is 10.2 Å². The Kier molecular flexibility index (Phi) is 9.69. The summed E-state index contributed by atoms with van der Waals surface area (Å²) in [4.78, 5) is 28.4. The maximum absolute atomic E-state index is 13.9. The number of amides is 2. The highest BCUT2D eigenvalue weighted by molar-refractivity contribution is 7.92. The van der Waals surface area contributed by atoms with E-state index < -0.39 is 28.5 Å². The second kappa shape index (κ2) is 12.7. The molecule has 0 saturated heterocycles. The SMILES string of the molecule is CCc1ccc(N(CC(=O)N(Cc2ccccc2C)[C@@H](C)C(=O)NC(C)C)S(=O)(=O)c2ccccc2)cc1. The number of nitrogens with zero attached hydrogens (tertiary/aromatic N) is 2. The summed E-state index contributed by atoms with van der Waals surface area (Å²) in [5, 5.41) is 2.87. The van der Waals surface area contributed by atoms with Gasteiger partial charge in [-0.15, -0.1) is 0 Å². The quantitative estimate of drug-likeness (QED) is 0.386. The Morgan fingerprint density at radius 2 is 1.47 bits per heavy atom. The van der Waals surface area contributed by atoms with E-state index >= 15 is 0 Å². The Labute approximate surface area is 226 Å². The van der Waals surface area contributed by atoms with Crippen LogP contribution in [-0.4, -0.2) is 43.8 Å². The van der Waals surface area contributed by atoms with E-state index in [-0.39, 0.29) is 23.4 Å². The zero-order valence-corrected chi connectivity index (χ0v) is 23.5. The molecule has 0 aliphatic rings. The number of sulfonamides is 1. The second-order valence-corrected chi connectivity index (χ2v) is 11.5. The van der Waals surface area contributed by atoms with Crippen molar-refractivity contribution in [2.24, 2.45) is 0 Å². The Hall–Kier alpha value is -3.65. The fourth-order valence-electron chi connectivity index (χ4n) is 4.11. The number of aryl methyl sites for hydroxylation is 2. The number of hydrogen-bond donors (Lipinski definition) is 1. The van der Waals surface area contributed by atoms with Gasteiger partial charge in [-0.1, -0.05) is 61.5 Å². The molecule has 0 radical (unpaired) electrons. The summed E-state index contributed by atoms with van der Waals surface area (Å²) < 4.78 is 28.7. The van der Waals surface area contributed by atoms with Gasteiger partial charge in [0.15, 0.2) is 0 Å². The molecule has 202 valence electrons. The number of anilines is 1. The van der Waals surface area contributed by atoms with Crippen molar-refractivity contribution in [2.75, 3.05) is 10.8 Å². The number of nitrogens with one attached hydrogen (secondary N) is 1. The van der Waals surface area contributed by atoms with Crippen LogP contribution >= 0.6 is 0 Å². The Balaban J connectivity index is 2.03. The van der Waals surface area contributed by atoms with Crippen LogP contribution in [0.25, 0.3) is 0 Å². The summed E-state index contributed by atoms with van der Waals surface area (Å²) in [6.07, 6.45) is 0.803. The van der Waals surface area contributed by atoms with Gasteiger partial charge < -0.3 is 10.2 Å². The maximum Gasteiger partial charge on any atom is 0.264 e. The summed E-state index contributed by atoms with van der Waals surface area (Å²) in [5.41, 5.74) is 3.30. The zero-order valence-electron chi connectivity index (χ0n) is 22.7. The molecule has 0 saturated carbocycles. The third-order valence-electron chi connectivity index (χ3n) is 6.44. The molecular weight excluding hydrogens is 498 g/mol. The highest BCUT2D eigenvalue weighted by atomic mass is 32.2. The Morgan fingerprint density at radius 1 is 0.868 bits per heavy atom. The molecule has 0 spiro atoms. The molecule has 0 aliphatic heterocycles. The molecule has 0 aliphatic carbocycles. The number of hydrogen-bond acceptors (Lipinski definition) is 4. The van der Waals surface area contributed by atoms with Crippen molar-refractivity contribution < 1.29 is 18.0 Å². The van der Waals surface area contributed by atoms with Gasteiger partial charge in [-0.25, -0.2) is 8.42 Å². The lowest BCUT2D eigenvalue weighted by Gasteiger charge is -2.32. The predicted molar refractivity (Wildman–Crippen MR) is 151 cm³/mol. The minimum Gasteiger partial charge on any atom is -0.352 e. The van der Waals surface area contributed by atoms with Gasteiger partial charge >= 0.3 is 0 Å². The van der Waals surface area contributed by atoms with Gasteiger partial charge in [0.1, 0.15) is 12.6 Å². The van der Waals surface area contributed by atoms with Crippen molar-refractivity contribution >= 4 is 27.5 Å². The van der Waals surface area contributed by atoms with Gasteiger partial charge in [-0.05, 0) is 75.1 Å². The molecular formula is C30H37N3O4S. The molecule has 38 heavy (non-hydrogen) atoms. The van der Waals surface area contributed by atoms with E-state index in [1.54, 1.807) is 37.3 Å². The maximum atomic E-state index is 13.9. The molecule has 0 bridgehead atoms. The number of carbonyl (C=O) groups is 2. The first-order valence-corrected chi connectivity index (χ1v) is 14.3. The molecule has 1 N–H and O–H groups in total.